The number of nitrogens with one attached hydrogen (secondary N) is 1. The molecule has 0 aliphatic rings. The minimum atomic E-state index is -0.215. The molecule has 0 bridgehead atoms. The Bertz CT molecular complexity index is 1180. The third-order valence-electron chi connectivity index (χ3n) is 4.81. The molecule has 1 heterocycles. The Labute approximate surface area is 169 Å². The molecule has 4 aromatic rings. The number of hydrogen-bond acceptors (Lipinski definition) is 4. The number of benzene rings is 3. The van der Waals surface area contributed by atoms with E-state index in [1.54, 1.807) is 0 Å². The van der Waals surface area contributed by atoms with E-state index >= 15 is 0 Å². The zero-order chi connectivity index (χ0) is 20.4. The van der Waals surface area contributed by atoms with E-state index in [4.69, 9.17) is 9.15 Å². The summed E-state index contributed by atoms with van der Waals surface area (Å²) < 4.78 is 11.4. The van der Waals surface area contributed by atoms with Gasteiger partial charge >= 0.3 is 0 Å². The van der Waals surface area contributed by atoms with Gasteiger partial charge in [0.05, 0.1) is 0 Å². The van der Waals surface area contributed by atoms with E-state index in [0.29, 0.717) is 17.3 Å². The summed E-state index contributed by atoms with van der Waals surface area (Å²) in [6.07, 6.45) is 0. The average molecular weight is 386 g/mol. The number of oxazole rings is 1. The van der Waals surface area contributed by atoms with Gasteiger partial charge in [0.15, 0.2) is 12.2 Å². The number of anilines is 1. The fraction of sp³-hybridized carbons (Fsp3) is 0.167. The van der Waals surface area contributed by atoms with Gasteiger partial charge in [0.25, 0.3) is 5.91 Å². The monoisotopic (exact) mass is 386 g/mol. The lowest BCUT2D eigenvalue weighted by molar-refractivity contribution is -0.118. The highest BCUT2D eigenvalue weighted by Crippen LogP contribution is 2.26. The highest BCUT2D eigenvalue weighted by molar-refractivity contribution is 5.92. The number of rotatable bonds is 5. The summed E-state index contributed by atoms with van der Waals surface area (Å²) in [5.41, 5.74) is 6.59. The van der Waals surface area contributed by atoms with Crippen LogP contribution in [0.1, 0.15) is 16.7 Å². The van der Waals surface area contributed by atoms with Crippen molar-refractivity contribution in [1.82, 2.24) is 4.98 Å². The quantitative estimate of drug-likeness (QED) is 0.496. The van der Waals surface area contributed by atoms with Crippen molar-refractivity contribution >= 4 is 22.7 Å². The van der Waals surface area contributed by atoms with Gasteiger partial charge in [-0.1, -0.05) is 12.1 Å². The normalized spacial score (nSPS) is 10.9. The van der Waals surface area contributed by atoms with Crippen LogP contribution in [0.3, 0.4) is 0 Å². The van der Waals surface area contributed by atoms with Crippen LogP contribution < -0.4 is 10.1 Å². The van der Waals surface area contributed by atoms with Gasteiger partial charge in [-0.25, -0.2) is 4.98 Å². The molecule has 1 aromatic heterocycles. The van der Waals surface area contributed by atoms with Crippen molar-refractivity contribution in [3.63, 3.8) is 0 Å². The molecule has 3 aromatic carbocycles. The predicted octanol–water partition coefficient (Wildman–Crippen LogP) is 5.44. The third-order valence-corrected chi connectivity index (χ3v) is 4.81. The van der Waals surface area contributed by atoms with Crippen LogP contribution in [-0.4, -0.2) is 17.5 Å². The molecule has 0 atom stereocenters. The molecule has 0 saturated heterocycles. The zero-order valence-corrected chi connectivity index (χ0v) is 16.7. The first-order valence-corrected chi connectivity index (χ1v) is 9.45. The van der Waals surface area contributed by atoms with E-state index in [0.717, 1.165) is 27.8 Å². The largest absolute Gasteiger partial charge is 0.484 e. The number of hydrogen-bond donors (Lipinski definition) is 1. The molecule has 0 aliphatic carbocycles. The first-order valence-electron chi connectivity index (χ1n) is 9.45. The topological polar surface area (TPSA) is 64.4 Å². The number of amides is 1. The molecular weight excluding hydrogens is 364 g/mol. The minimum absolute atomic E-state index is 0.0469. The van der Waals surface area contributed by atoms with Crippen molar-refractivity contribution in [2.75, 3.05) is 11.9 Å². The summed E-state index contributed by atoms with van der Waals surface area (Å²) in [4.78, 5) is 16.7. The lowest BCUT2D eigenvalue weighted by Crippen LogP contribution is -2.20. The molecule has 1 amide bonds. The van der Waals surface area contributed by atoms with Gasteiger partial charge in [-0.2, -0.15) is 0 Å². The van der Waals surface area contributed by atoms with Gasteiger partial charge in [0.1, 0.15) is 11.3 Å². The third kappa shape index (κ3) is 4.29. The van der Waals surface area contributed by atoms with Crippen molar-refractivity contribution in [2.45, 2.75) is 20.8 Å². The maximum atomic E-state index is 12.2. The number of aryl methyl sites for hydroxylation is 3. The molecule has 29 heavy (non-hydrogen) atoms. The van der Waals surface area contributed by atoms with Crippen molar-refractivity contribution in [3.05, 3.63) is 77.4 Å². The predicted molar refractivity (Wildman–Crippen MR) is 114 cm³/mol. The Balaban J connectivity index is 1.39. The number of carbonyl (C=O) groups is 1. The number of nitrogens with zero attached hydrogens (tertiary/aromatic N) is 1. The van der Waals surface area contributed by atoms with Crippen molar-refractivity contribution < 1.29 is 13.9 Å². The van der Waals surface area contributed by atoms with Gasteiger partial charge in [0.2, 0.25) is 5.89 Å². The summed E-state index contributed by atoms with van der Waals surface area (Å²) in [6.45, 7) is 6.03. The van der Waals surface area contributed by atoms with E-state index in [1.165, 1.54) is 5.56 Å². The molecule has 0 unspecified atom stereocenters. The molecule has 0 fully saturated rings. The lowest BCUT2D eigenvalue weighted by atomic mass is 10.1. The molecule has 4 rings (SSSR count). The minimum Gasteiger partial charge on any atom is -0.484 e. The first-order chi connectivity index (χ1) is 14.0. The standard InChI is InChI=1S/C24H22N2O3/c1-15-4-11-22-21(12-15)26-24(29-22)18-6-8-19(9-7-18)25-23(27)14-28-20-10-5-16(2)17(3)13-20/h4-13H,14H2,1-3H3,(H,25,27). The Hall–Kier alpha value is -3.60. The van der Waals surface area contributed by atoms with E-state index in [2.05, 4.69) is 10.3 Å². The van der Waals surface area contributed by atoms with Crippen molar-refractivity contribution in [2.24, 2.45) is 0 Å². The summed E-state index contributed by atoms with van der Waals surface area (Å²) >= 11 is 0. The molecule has 1 N–H and O–H groups in total. The van der Waals surface area contributed by atoms with Gasteiger partial charge in [0, 0.05) is 11.3 Å². The molecule has 5 nitrogen and oxygen atoms in total. The van der Waals surface area contributed by atoms with E-state index in [9.17, 15) is 4.79 Å². The molecular formula is C24H22N2O3. The highest BCUT2D eigenvalue weighted by Gasteiger charge is 2.09. The Kier molecular flexibility index (Phi) is 5.04. The van der Waals surface area contributed by atoms with Gasteiger partial charge in [-0.15, -0.1) is 0 Å². The SMILES string of the molecule is Cc1ccc2oc(-c3ccc(NC(=O)COc4ccc(C)c(C)c4)cc3)nc2c1. The summed E-state index contributed by atoms with van der Waals surface area (Å²) in [6, 6.07) is 19.1. The van der Waals surface area contributed by atoms with Crippen molar-refractivity contribution in [1.29, 1.82) is 0 Å². The highest BCUT2D eigenvalue weighted by atomic mass is 16.5. The molecule has 5 heteroatoms. The van der Waals surface area contributed by atoms with Crippen LogP contribution in [0.5, 0.6) is 5.75 Å². The molecule has 0 spiro atoms. The van der Waals surface area contributed by atoms with Crippen LogP contribution >= 0.6 is 0 Å². The molecule has 146 valence electrons. The smallest absolute Gasteiger partial charge is 0.262 e. The Morgan fingerprint density at radius 2 is 1.76 bits per heavy atom. The average Bonchev–Trinajstić information content (AvgIpc) is 3.12. The van der Waals surface area contributed by atoms with Gasteiger partial charge < -0.3 is 14.5 Å². The maximum Gasteiger partial charge on any atom is 0.262 e. The number of carbonyl (C=O) groups excluding carboxylic acids is 1. The second-order valence-corrected chi connectivity index (χ2v) is 7.15. The first kappa shape index (κ1) is 18.7. The Morgan fingerprint density at radius 1 is 0.966 bits per heavy atom. The van der Waals surface area contributed by atoms with Crippen LogP contribution in [0.4, 0.5) is 5.69 Å². The van der Waals surface area contributed by atoms with Crippen LogP contribution in [0.25, 0.3) is 22.6 Å². The number of ether oxygens (including phenoxy) is 1. The second-order valence-electron chi connectivity index (χ2n) is 7.15. The summed E-state index contributed by atoms with van der Waals surface area (Å²) in [7, 11) is 0. The second kappa shape index (κ2) is 7.80. The molecule has 0 saturated carbocycles. The summed E-state index contributed by atoms with van der Waals surface area (Å²) in [5, 5.41) is 2.84. The van der Waals surface area contributed by atoms with Crippen LogP contribution in [-0.2, 0) is 4.79 Å². The zero-order valence-electron chi connectivity index (χ0n) is 16.7. The van der Waals surface area contributed by atoms with Crippen LogP contribution in [0, 0.1) is 20.8 Å². The van der Waals surface area contributed by atoms with E-state index < -0.39 is 0 Å². The van der Waals surface area contributed by atoms with Gasteiger partial charge in [-0.3, -0.25) is 4.79 Å². The van der Waals surface area contributed by atoms with Crippen LogP contribution in [0.15, 0.2) is 65.1 Å². The molecule has 0 radical (unpaired) electrons. The fourth-order valence-electron chi connectivity index (χ4n) is 3.01. The maximum absolute atomic E-state index is 12.2. The van der Waals surface area contributed by atoms with Crippen molar-refractivity contribution in [3.8, 4) is 17.2 Å². The summed E-state index contributed by atoms with van der Waals surface area (Å²) in [5.74, 6) is 1.03. The van der Waals surface area contributed by atoms with E-state index in [1.807, 2.05) is 81.4 Å². The Morgan fingerprint density at radius 3 is 2.52 bits per heavy atom. The van der Waals surface area contributed by atoms with E-state index in [-0.39, 0.29) is 12.5 Å². The van der Waals surface area contributed by atoms with Gasteiger partial charge in [-0.05, 0) is 86.0 Å². The lowest BCUT2D eigenvalue weighted by Gasteiger charge is -2.09. The molecule has 0 aliphatic heterocycles. The number of aromatic nitrogens is 1. The number of fused-ring (bicyclic) bond motifs is 1. The fourth-order valence-corrected chi connectivity index (χ4v) is 3.01. The van der Waals surface area contributed by atoms with Crippen LogP contribution in [0.2, 0.25) is 0 Å².